The summed E-state index contributed by atoms with van der Waals surface area (Å²) in [7, 11) is 0. The summed E-state index contributed by atoms with van der Waals surface area (Å²) in [5.74, 6) is 1.46. The molecule has 3 aliphatic heterocycles. The standard InChI is InChI=1S/C26H36ClN7O2/c1-4-32-14-22(35)31-24-23(32)25(30-15-29-24)33-12-19-9-10-20(13-33)34(19)26(36)21(11-28-16(2)3)17-5-7-18(27)8-6-17/h5-8,15-16,19-22,28,35H,4,9-14H2,1-3H3,(H,29,30,31)/t19?,20?,21-,22?/m1/s1. The summed E-state index contributed by atoms with van der Waals surface area (Å²) in [5, 5.41) is 17.4. The molecule has 4 heterocycles. The zero-order valence-electron chi connectivity index (χ0n) is 21.2. The summed E-state index contributed by atoms with van der Waals surface area (Å²) in [6.07, 6.45) is 2.87. The summed E-state index contributed by atoms with van der Waals surface area (Å²) in [5.41, 5.74) is 1.93. The van der Waals surface area contributed by atoms with Gasteiger partial charge in [0.2, 0.25) is 5.91 Å². The average molecular weight is 514 g/mol. The van der Waals surface area contributed by atoms with Gasteiger partial charge in [0.05, 0.1) is 12.5 Å². The number of aliphatic hydroxyl groups is 1. The second-order valence-electron chi connectivity index (χ2n) is 10.3. The zero-order chi connectivity index (χ0) is 25.4. The second kappa shape index (κ2) is 10.4. The number of halogens is 1. The largest absolute Gasteiger partial charge is 0.372 e. The first kappa shape index (κ1) is 25.0. The first-order valence-electron chi connectivity index (χ1n) is 13.0. The van der Waals surface area contributed by atoms with E-state index in [4.69, 9.17) is 11.6 Å². The third-order valence-electron chi connectivity index (χ3n) is 7.53. The number of nitrogens with zero attached hydrogens (tertiary/aromatic N) is 5. The van der Waals surface area contributed by atoms with Crippen molar-refractivity contribution < 1.29 is 9.90 Å². The number of amides is 1. The van der Waals surface area contributed by atoms with Gasteiger partial charge in [-0.3, -0.25) is 4.79 Å². The normalized spacial score (nSPS) is 24.1. The van der Waals surface area contributed by atoms with Crippen molar-refractivity contribution in [1.82, 2.24) is 20.2 Å². The maximum absolute atomic E-state index is 14.0. The molecule has 0 aliphatic carbocycles. The van der Waals surface area contributed by atoms with E-state index in [1.54, 1.807) is 6.33 Å². The molecule has 5 rings (SSSR count). The van der Waals surface area contributed by atoms with Crippen LogP contribution in [0.25, 0.3) is 0 Å². The maximum Gasteiger partial charge on any atom is 0.232 e. The summed E-state index contributed by atoms with van der Waals surface area (Å²) in [6.45, 7) is 9.57. The molecule has 2 bridgehead atoms. The van der Waals surface area contributed by atoms with Crippen molar-refractivity contribution in [2.45, 2.75) is 63.9 Å². The van der Waals surface area contributed by atoms with Gasteiger partial charge in [-0.2, -0.15) is 0 Å². The molecule has 2 aromatic rings. The highest BCUT2D eigenvalue weighted by molar-refractivity contribution is 6.30. The van der Waals surface area contributed by atoms with E-state index in [1.165, 1.54) is 0 Å². The van der Waals surface area contributed by atoms with Crippen LogP contribution in [-0.2, 0) is 4.79 Å². The molecule has 3 unspecified atom stereocenters. The van der Waals surface area contributed by atoms with Gasteiger partial charge >= 0.3 is 0 Å². The van der Waals surface area contributed by atoms with Crippen molar-refractivity contribution in [3.05, 3.63) is 41.2 Å². The predicted molar refractivity (Wildman–Crippen MR) is 143 cm³/mol. The van der Waals surface area contributed by atoms with E-state index in [0.717, 1.165) is 49.5 Å². The SMILES string of the molecule is CCN1CC(O)Nc2ncnc(N3CC4CCC(C3)N4C(=O)[C@H](CNC(C)C)c3ccc(Cl)cc3)c21. The van der Waals surface area contributed by atoms with Gasteiger partial charge in [-0.25, -0.2) is 9.97 Å². The minimum atomic E-state index is -0.657. The Morgan fingerprint density at radius 3 is 2.50 bits per heavy atom. The van der Waals surface area contributed by atoms with Crippen molar-refractivity contribution in [2.24, 2.45) is 0 Å². The Morgan fingerprint density at radius 1 is 1.17 bits per heavy atom. The number of likely N-dealkylation sites (N-methyl/N-ethyl adjacent to an activating group) is 1. The lowest BCUT2D eigenvalue weighted by Crippen LogP contribution is -2.58. The Balaban J connectivity index is 1.39. The number of β-amino-alcohol motifs (C(OH)–C–C–N with tert-alkyl or cyclic N) is 1. The molecule has 2 saturated heterocycles. The molecule has 4 atom stereocenters. The molecule has 10 heteroatoms. The van der Waals surface area contributed by atoms with Crippen LogP contribution in [0.2, 0.25) is 5.02 Å². The number of aromatic nitrogens is 2. The molecule has 2 fully saturated rings. The van der Waals surface area contributed by atoms with Crippen LogP contribution < -0.4 is 20.4 Å². The maximum atomic E-state index is 14.0. The van der Waals surface area contributed by atoms with Gasteiger partial charge in [-0.15, -0.1) is 0 Å². The fourth-order valence-electron chi connectivity index (χ4n) is 5.80. The van der Waals surface area contributed by atoms with Crippen LogP contribution in [0.15, 0.2) is 30.6 Å². The quantitative estimate of drug-likeness (QED) is 0.520. The third kappa shape index (κ3) is 4.84. The molecular weight excluding hydrogens is 478 g/mol. The van der Waals surface area contributed by atoms with Crippen LogP contribution >= 0.6 is 11.6 Å². The van der Waals surface area contributed by atoms with Crippen LogP contribution in [0.3, 0.4) is 0 Å². The monoisotopic (exact) mass is 513 g/mol. The number of rotatable bonds is 7. The number of hydrogen-bond donors (Lipinski definition) is 3. The molecule has 0 spiro atoms. The van der Waals surface area contributed by atoms with Crippen LogP contribution in [0.5, 0.6) is 0 Å². The van der Waals surface area contributed by atoms with Crippen LogP contribution in [0.1, 0.15) is 45.1 Å². The molecule has 0 radical (unpaired) electrons. The lowest BCUT2D eigenvalue weighted by molar-refractivity contribution is -0.136. The second-order valence-corrected chi connectivity index (χ2v) is 10.7. The number of nitrogens with one attached hydrogen (secondary N) is 2. The van der Waals surface area contributed by atoms with Gasteiger partial charge in [-0.05, 0) is 37.5 Å². The highest BCUT2D eigenvalue weighted by Gasteiger charge is 2.45. The highest BCUT2D eigenvalue weighted by atomic mass is 35.5. The summed E-state index contributed by atoms with van der Waals surface area (Å²) in [6, 6.07) is 8.22. The molecule has 36 heavy (non-hydrogen) atoms. The van der Waals surface area contributed by atoms with Crippen LogP contribution in [0, 0.1) is 0 Å². The number of fused-ring (bicyclic) bond motifs is 3. The van der Waals surface area contributed by atoms with Crippen molar-refractivity contribution in [3.63, 3.8) is 0 Å². The molecule has 3 aliphatic rings. The van der Waals surface area contributed by atoms with E-state index in [1.807, 2.05) is 24.3 Å². The fourth-order valence-corrected chi connectivity index (χ4v) is 5.93. The smallest absolute Gasteiger partial charge is 0.232 e. The first-order valence-corrected chi connectivity index (χ1v) is 13.3. The van der Waals surface area contributed by atoms with Crippen molar-refractivity contribution in [1.29, 1.82) is 0 Å². The molecule has 1 aromatic carbocycles. The highest BCUT2D eigenvalue weighted by Crippen LogP contribution is 2.40. The molecule has 3 N–H and O–H groups in total. The first-order chi connectivity index (χ1) is 17.4. The van der Waals surface area contributed by atoms with E-state index >= 15 is 0 Å². The predicted octanol–water partition coefficient (Wildman–Crippen LogP) is 2.66. The number of carbonyl (C=O) groups is 1. The molecular formula is C26H36ClN7O2. The average Bonchev–Trinajstić information content (AvgIpc) is 3.12. The van der Waals surface area contributed by atoms with E-state index in [-0.39, 0.29) is 23.9 Å². The lowest BCUT2D eigenvalue weighted by atomic mass is 9.95. The number of aliphatic hydroxyl groups excluding tert-OH is 1. The fraction of sp³-hybridized carbons (Fsp3) is 0.577. The Labute approximate surface area is 217 Å². The molecule has 1 amide bonds. The number of hydrogen-bond acceptors (Lipinski definition) is 8. The van der Waals surface area contributed by atoms with E-state index in [0.29, 0.717) is 30.0 Å². The summed E-state index contributed by atoms with van der Waals surface area (Å²) >= 11 is 6.13. The van der Waals surface area contributed by atoms with Crippen LogP contribution in [-0.4, -0.2) is 83.0 Å². The topological polar surface area (TPSA) is 96.9 Å². The summed E-state index contributed by atoms with van der Waals surface area (Å²) < 4.78 is 0. The van der Waals surface area contributed by atoms with Crippen molar-refractivity contribution in [2.75, 3.05) is 47.8 Å². The van der Waals surface area contributed by atoms with E-state index in [2.05, 4.69) is 56.1 Å². The Bertz CT molecular complexity index is 1070. The number of carbonyl (C=O) groups excluding carboxylic acids is 1. The van der Waals surface area contributed by atoms with Gasteiger partial charge in [0, 0.05) is 49.3 Å². The Morgan fingerprint density at radius 2 is 1.86 bits per heavy atom. The number of benzene rings is 1. The Kier molecular flexibility index (Phi) is 7.23. The zero-order valence-corrected chi connectivity index (χ0v) is 21.9. The minimum Gasteiger partial charge on any atom is -0.372 e. The van der Waals surface area contributed by atoms with Gasteiger partial charge in [0.25, 0.3) is 0 Å². The minimum absolute atomic E-state index is 0.132. The van der Waals surface area contributed by atoms with Gasteiger partial charge in [-0.1, -0.05) is 37.6 Å². The third-order valence-corrected chi connectivity index (χ3v) is 7.79. The molecule has 194 valence electrons. The van der Waals surface area contributed by atoms with E-state index < -0.39 is 6.23 Å². The van der Waals surface area contributed by atoms with Crippen molar-refractivity contribution >= 4 is 34.8 Å². The number of piperazine rings is 1. The lowest BCUT2D eigenvalue weighted by Gasteiger charge is -2.44. The summed E-state index contributed by atoms with van der Waals surface area (Å²) in [4.78, 5) is 29.7. The van der Waals surface area contributed by atoms with Gasteiger partial charge in [0.15, 0.2) is 11.6 Å². The van der Waals surface area contributed by atoms with Crippen LogP contribution in [0.4, 0.5) is 17.3 Å². The Hall–Kier alpha value is -2.62. The van der Waals surface area contributed by atoms with Gasteiger partial charge < -0.3 is 30.4 Å². The van der Waals surface area contributed by atoms with Crippen molar-refractivity contribution in [3.8, 4) is 0 Å². The number of anilines is 3. The molecule has 9 nitrogen and oxygen atoms in total. The van der Waals surface area contributed by atoms with Gasteiger partial charge in [0.1, 0.15) is 18.2 Å². The molecule has 1 aromatic heterocycles. The van der Waals surface area contributed by atoms with E-state index in [9.17, 15) is 9.90 Å². The molecule has 0 saturated carbocycles.